The predicted molar refractivity (Wildman–Crippen MR) is 164 cm³/mol. The molecule has 1 aromatic heterocycles. The Kier molecular flexibility index (Phi) is 10.9. The van der Waals surface area contributed by atoms with Crippen LogP contribution in [0.15, 0.2) is 94.0 Å². The maximum atomic E-state index is 13.5. The molecule has 4 rings (SSSR count). The quantitative estimate of drug-likeness (QED) is 0.121. The maximum absolute atomic E-state index is 13.5. The van der Waals surface area contributed by atoms with Gasteiger partial charge in [0.15, 0.2) is 9.84 Å². The van der Waals surface area contributed by atoms with Gasteiger partial charge in [0.2, 0.25) is 5.91 Å². The molecular weight excluding hydrogens is 650 g/mol. The fourth-order valence-electron chi connectivity index (χ4n) is 4.30. The zero-order chi connectivity index (χ0) is 31.9. The molecule has 1 amide bonds. The molecule has 44 heavy (non-hydrogen) atoms. The molecule has 0 aliphatic heterocycles. The number of nitrogens with two attached hydrogens (primary N) is 1. The van der Waals surface area contributed by atoms with Gasteiger partial charge < -0.3 is 10.1 Å². The first kappa shape index (κ1) is 33.2. The third kappa shape index (κ3) is 8.49. The first-order chi connectivity index (χ1) is 20.9. The van der Waals surface area contributed by atoms with Gasteiger partial charge in [0, 0.05) is 10.4 Å². The smallest absolute Gasteiger partial charge is 0.318 e. The zero-order valence-electron chi connectivity index (χ0n) is 23.3. The number of ether oxygens (including phenoxy) is 1. The Morgan fingerprint density at radius 3 is 2.14 bits per heavy atom. The number of amides is 1. The number of benzene rings is 3. The van der Waals surface area contributed by atoms with Gasteiger partial charge in [-0.2, -0.15) is 18.6 Å². The standard InChI is InChI=1S/C29H28ClN3O8S3/c1-40-29(35)24(15-19-5-3-2-4-6-19)28(34)33-25(16-20-7-11-23(12-8-20)44(38,39)41-31)26-17-42-27(32-26)18-43(36,37)22-13-9-21(30)10-14-22/h2-14,17,24-25H,15-16,18,31H2,1H3,(H,33,34)/t24-,25-/m0/s1. The lowest BCUT2D eigenvalue weighted by Crippen LogP contribution is -2.40. The summed E-state index contributed by atoms with van der Waals surface area (Å²) in [5.41, 5.74) is 1.71. The van der Waals surface area contributed by atoms with Crippen LogP contribution in [0.1, 0.15) is 27.9 Å². The average molecular weight is 678 g/mol. The summed E-state index contributed by atoms with van der Waals surface area (Å²) in [6, 6.07) is 19.6. The monoisotopic (exact) mass is 677 g/mol. The van der Waals surface area contributed by atoms with Crippen molar-refractivity contribution in [3.05, 3.63) is 111 Å². The van der Waals surface area contributed by atoms with E-state index in [0.717, 1.165) is 16.9 Å². The average Bonchev–Trinajstić information content (AvgIpc) is 3.47. The highest BCUT2D eigenvalue weighted by Gasteiger charge is 2.31. The lowest BCUT2D eigenvalue weighted by Gasteiger charge is -2.21. The van der Waals surface area contributed by atoms with Crippen molar-refractivity contribution in [2.45, 2.75) is 34.4 Å². The highest BCUT2D eigenvalue weighted by Crippen LogP contribution is 2.26. The van der Waals surface area contributed by atoms with Crippen LogP contribution in [0.4, 0.5) is 0 Å². The second-order valence-electron chi connectivity index (χ2n) is 9.60. The lowest BCUT2D eigenvalue weighted by molar-refractivity contribution is -0.150. The Hall–Kier alpha value is -3.66. The van der Waals surface area contributed by atoms with E-state index in [0.29, 0.717) is 16.3 Å². The molecule has 0 saturated carbocycles. The third-order valence-electron chi connectivity index (χ3n) is 6.59. The number of aromatic nitrogens is 1. The predicted octanol–water partition coefficient (Wildman–Crippen LogP) is 3.78. The number of hydrogen-bond donors (Lipinski definition) is 2. The summed E-state index contributed by atoms with van der Waals surface area (Å²) < 4.78 is 58.9. The van der Waals surface area contributed by atoms with Crippen molar-refractivity contribution >= 4 is 54.8 Å². The number of hydrogen-bond acceptors (Lipinski definition) is 11. The number of halogens is 1. The molecule has 0 aliphatic rings. The van der Waals surface area contributed by atoms with Gasteiger partial charge >= 0.3 is 16.1 Å². The molecule has 0 spiro atoms. The SMILES string of the molecule is COC(=O)[C@@H](Cc1ccccc1)C(=O)N[C@@H](Cc1ccc(S(=O)(=O)ON)cc1)c1csc(CS(=O)(=O)c2ccc(Cl)cc2)n1. The largest absolute Gasteiger partial charge is 0.468 e. The van der Waals surface area contributed by atoms with Gasteiger partial charge in [-0.1, -0.05) is 54.1 Å². The molecule has 11 nitrogen and oxygen atoms in total. The molecular formula is C29H28ClN3O8S3. The van der Waals surface area contributed by atoms with Crippen LogP contribution in [-0.4, -0.2) is 40.8 Å². The van der Waals surface area contributed by atoms with Gasteiger partial charge in [-0.25, -0.2) is 13.4 Å². The fourth-order valence-corrected chi connectivity index (χ4v) is 7.48. The maximum Gasteiger partial charge on any atom is 0.318 e. The Balaban J connectivity index is 1.63. The number of nitrogens with zero attached hydrogens (tertiary/aromatic N) is 1. The minimum atomic E-state index is -4.13. The van der Waals surface area contributed by atoms with Crippen molar-refractivity contribution in [3.8, 4) is 0 Å². The van der Waals surface area contributed by atoms with Gasteiger partial charge in [-0.05, 0) is 60.4 Å². The molecule has 15 heteroatoms. The van der Waals surface area contributed by atoms with Crippen LogP contribution < -0.4 is 11.2 Å². The number of methoxy groups -OCH3 is 1. The molecule has 3 N–H and O–H groups in total. The van der Waals surface area contributed by atoms with E-state index in [4.69, 9.17) is 22.2 Å². The number of thiazole rings is 1. The van der Waals surface area contributed by atoms with E-state index in [1.807, 2.05) is 6.07 Å². The summed E-state index contributed by atoms with van der Waals surface area (Å²) in [4.78, 5) is 30.6. The summed E-state index contributed by atoms with van der Waals surface area (Å²) in [6.45, 7) is 0. The Morgan fingerprint density at radius 2 is 1.52 bits per heavy atom. The second-order valence-corrected chi connectivity index (χ2v) is 14.5. The van der Waals surface area contributed by atoms with Crippen LogP contribution in [0.3, 0.4) is 0 Å². The Morgan fingerprint density at radius 1 is 0.909 bits per heavy atom. The van der Waals surface area contributed by atoms with Crippen molar-refractivity contribution < 1.29 is 35.4 Å². The summed E-state index contributed by atoms with van der Waals surface area (Å²) in [5.74, 6) is 1.96. The van der Waals surface area contributed by atoms with E-state index in [9.17, 15) is 26.4 Å². The van der Waals surface area contributed by atoms with Gasteiger partial charge in [-0.15, -0.1) is 11.3 Å². The first-order valence-electron chi connectivity index (χ1n) is 13.0. The van der Waals surface area contributed by atoms with Crippen molar-refractivity contribution in [2.24, 2.45) is 11.8 Å². The number of sulfone groups is 1. The van der Waals surface area contributed by atoms with Crippen molar-refractivity contribution in [2.75, 3.05) is 7.11 Å². The van der Waals surface area contributed by atoms with Crippen LogP contribution in [0.5, 0.6) is 0 Å². The molecule has 0 aliphatic carbocycles. The first-order valence-corrected chi connectivity index (χ1v) is 17.3. The Labute approximate surface area is 264 Å². The topological polar surface area (TPSA) is 172 Å². The highest BCUT2D eigenvalue weighted by atomic mass is 35.5. The van der Waals surface area contributed by atoms with Crippen LogP contribution in [0.2, 0.25) is 5.02 Å². The van der Waals surface area contributed by atoms with Crippen molar-refractivity contribution in [3.63, 3.8) is 0 Å². The Bertz CT molecular complexity index is 1810. The molecule has 2 atom stereocenters. The fraction of sp³-hybridized carbons (Fsp3) is 0.207. The molecule has 0 radical (unpaired) electrons. The summed E-state index contributed by atoms with van der Waals surface area (Å²) in [7, 11) is -6.68. The second kappa shape index (κ2) is 14.4. The summed E-state index contributed by atoms with van der Waals surface area (Å²) in [6.07, 6.45) is 0.210. The van der Waals surface area contributed by atoms with Gasteiger partial charge in [0.1, 0.15) is 16.7 Å². The third-order valence-corrected chi connectivity index (χ3v) is 10.6. The number of esters is 1. The van der Waals surface area contributed by atoms with Gasteiger partial charge in [0.25, 0.3) is 0 Å². The molecule has 4 aromatic rings. The van der Waals surface area contributed by atoms with Crippen molar-refractivity contribution in [1.29, 1.82) is 0 Å². The van der Waals surface area contributed by atoms with Gasteiger partial charge in [0.05, 0.1) is 28.6 Å². The number of carbonyl (C=O) groups excluding carboxylic acids is 2. The molecule has 0 unspecified atom stereocenters. The number of nitrogens with one attached hydrogen (secondary N) is 1. The molecule has 3 aromatic carbocycles. The van der Waals surface area contributed by atoms with E-state index in [2.05, 4.69) is 14.6 Å². The van der Waals surface area contributed by atoms with Crippen LogP contribution in [-0.2, 0) is 57.2 Å². The van der Waals surface area contributed by atoms with Crippen LogP contribution in [0.25, 0.3) is 0 Å². The molecule has 0 fully saturated rings. The van der Waals surface area contributed by atoms with E-state index in [-0.39, 0.29) is 33.4 Å². The normalized spacial score (nSPS) is 13.2. The van der Waals surface area contributed by atoms with Crippen LogP contribution in [0, 0.1) is 5.92 Å². The van der Waals surface area contributed by atoms with E-state index in [1.54, 1.807) is 29.6 Å². The zero-order valence-corrected chi connectivity index (χ0v) is 26.5. The lowest BCUT2D eigenvalue weighted by atomic mass is 9.97. The number of carbonyl (C=O) groups is 2. The summed E-state index contributed by atoms with van der Waals surface area (Å²) in [5, 5.41) is 5.18. The minimum Gasteiger partial charge on any atom is -0.468 e. The molecule has 0 saturated heterocycles. The molecule has 232 valence electrons. The summed E-state index contributed by atoms with van der Waals surface area (Å²) >= 11 is 6.99. The van der Waals surface area contributed by atoms with E-state index in [1.165, 1.54) is 55.6 Å². The molecule has 0 bridgehead atoms. The molecule has 1 heterocycles. The number of rotatable bonds is 13. The highest BCUT2D eigenvalue weighted by molar-refractivity contribution is 7.90. The van der Waals surface area contributed by atoms with E-state index >= 15 is 0 Å². The van der Waals surface area contributed by atoms with Crippen LogP contribution >= 0.6 is 22.9 Å². The van der Waals surface area contributed by atoms with Gasteiger partial charge in [-0.3, -0.25) is 9.59 Å². The van der Waals surface area contributed by atoms with Crippen molar-refractivity contribution in [1.82, 2.24) is 10.3 Å². The van der Waals surface area contributed by atoms with E-state index < -0.39 is 43.8 Å². The minimum absolute atomic E-state index is 0.0827.